The molecule has 1 aromatic carbocycles. The van der Waals surface area contributed by atoms with Crippen molar-refractivity contribution in [3.63, 3.8) is 0 Å². The number of carbonyl (C=O) groups is 2. The molecule has 146 valence electrons. The number of nitrogens with zero attached hydrogens (tertiary/aromatic N) is 2. The Kier molecular flexibility index (Phi) is 4.70. The number of amides is 1. The van der Waals surface area contributed by atoms with Crippen LogP contribution in [0.1, 0.15) is 50.2 Å². The number of halogens is 3. The lowest BCUT2D eigenvalue weighted by Crippen LogP contribution is -2.49. The van der Waals surface area contributed by atoms with Gasteiger partial charge in [0.2, 0.25) is 5.91 Å². The first-order chi connectivity index (χ1) is 12.4. The standard InChI is InChI=1S/C20H23F3N2O2/c1-19(2)10-15-18(16(26)11-19)13(9-17(27)25(15)24(3)4)12-7-5-6-8-14(12)20(21,22)23/h5-8,13H,9-11H2,1-4H3. The molecule has 3 rings (SSSR count). The summed E-state index contributed by atoms with van der Waals surface area (Å²) in [5.74, 6) is -1.35. The summed E-state index contributed by atoms with van der Waals surface area (Å²) in [7, 11) is 3.39. The van der Waals surface area contributed by atoms with Gasteiger partial charge >= 0.3 is 6.18 Å². The van der Waals surface area contributed by atoms with E-state index < -0.39 is 17.7 Å². The van der Waals surface area contributed by atoms with Crippen LogP contribution in [0.15, 0.2) is 35.5 Å². The van der Waals surface area contributed by atoms with Crippen LogP contribution >= 0.6 is 0 Å². The van der Waals surface area contributed by atoms with E-state index in [9.17, 15) is 22.8 Å². The molecule has 1 amide bonds. The van der Waals surface area contributed by atoms with Crippen LogP contribution in [0.4, 0.5) is 13.2 Å². The third kappa shape index (κ3) is 3.52. The lowest BCUT2D eigenvalue weighted by molar-refractivity contribution is -0.145. The molecule has 0 aromatic heterocycles. The molecule has 1 aliphatic heterocycles. The molecule has 2 aliphatic rings. The molecule has 0 spiro atoms. The van der Waals surface area contributed by atoms with Gasteiger partial charge in [0.15, 0.2) is 5.78 Å². The Balaban J connectivity index is 2.23. The fourth-order valence-electron chi connectivity index (χ4n) is 4.19. The first kappa shape index (κ1) is 19.6. The third-order valence-electron chi connectivity index (χ3n) is 5.16. The number of benzene rings is 1. The van der Waals surface area contributed by atoms with Crippen LogP contribution in [0.5, 0.6) is 0 Å². The Bertz CT molecular complexity index is 825. The lowest BCUT2D eigenvalue weighted by Gasteiger charge is -2.45. The molecule has 1 unspecified atom stereocenters. The van der Waals surface area contributed by atoms with E-state index in [1.807, 2.05) is 13.8 Å². The maximum Gasteiger partial charge on any atom is 0.416 e. The summed E-state index contributed by atoms with van der Waals surface area (Å²) in [6, 6.07) is 5.23. The van der Waals surface area contributed by atoms with Crippen LogP contribution in [-0.4, -0.2) is 35.8 Å². The monoisotopic (exact) mass is 380 g/mol. The second-order valence-electron chi connectivity index (χ2n) is 8.20. The minimum absolute atomic E-state index is 0.00249. The summed E-state index contributed by atoms with van der Waals surface area (Å²) in [5, 5.41) is 3.04. The molecular formula is C20H23F3N2O2. The third-order valence-corrected chi connectivity index (χ3v) is 5.16. The van der Waals surface area contributed by atoms with Crippen LogP contribution in [0.2, 0.25) is 0 Å². The maximum absolute atomic E-state index is 13.5. The van der Waals surface area contributed by atoms with Gasteiger partial charge in [0.05, 0.1) is 5.56 Å². The molecule has 0 saturated carbocycles. The number of hydrogen-bond acceptors (Lipinski definition) is 3. The Morgan fingerprint density at radius 1 is 1.11 bits per heavy atom. The van der Waals surface area contributed by atoms with Crippen molar-refractivity contribution in [1.82, 2.24) is 10.0 Å². The number of hydrogen-bond donors (Lipinski definition) is 0. The molecule has 27 heavy (non-hydrogen) atoms. The van der Waals surface area contributed by atoms with E-state index >= 15 is 0 Å². The second-order valence-corrected chi connectivity index (χ2v) is 8.20. The van der Waals surface area contributed by atoms with Gasteiger partial charge in [-0.1, -0.05) is 32.0 Å². The predicted molar refractivity (Wildman–Crippen MR) is 94.4 cm³/mol. The summed E-state index contributed by atoms with van der Waals surface area (Å²) < 4.78 is 40.6. The van der Waals surface area contributed by atoms with Gasteiger partial charge in [-0.15, -0.1) is 0 Å². The van der Waals surface area contributed by atoms with E-state index in [1.165, 1.54) is 23.2 Å². The fourth-order valence-corrected chi connectivity index (χ4v) is 4.19. The van der Waals surface area contributed by atoms with Crippen molar-refractivity contribution < 1.29 is 22.8 Å². The smallest absolute Gasteiger partial charge is 0.294 e. The average Bonchev–Trinajstić information content (AvgIpc) is 2.51. The van der Waals surface area contributed by atoms with Crippen LogP contribution in [-0.2, 0) is 15.8 Å². The maximum atomic E-state index is 13.5. The predicted octanol–water partition coefficient (Wildman–Crippen LogP) is 4.14. The SMILES string of the molecule is CN(C)N1C(=O)CC(c2ccccc2C(F)(F)F)C2=C1CC(C)(C)CC2=O. The number of carbonyl (C=O) groups excluding carboxylic acids is 2. The Morgan fingerprint density at radius 2 is 1.74 bits per heavy atom. The van der Waals surface area contributed by atoms with Gasteiger partial charge in [0.1, 0.15) is 0 Å². The first-order valence-electron chi connectivity index (χ1n) is 8.85. The van der Waals surface area contributed by atoms with Crippen molar-refractivity contribution in [3.05, 3.63) is 46.7 Å². The Morgan fingerprint density at radius 3 is 2.33 bits per heavy atom. The molecule has 7 heteroatoms. The van der Waals surface area contributed by atoms with Crippen LogP contribution in [0.3, 0.4) is 0 Å². The lowest BCUT2D eigenvalue weighted by atomic mass is 9.69. The van der Waals surface area contributed by atoms with E-state index in [2.05, 4.69) is 0 Å². The van der Waals surface area contributed by atoms with Crippen molar-refractivity contribution in [1.29, 1.82) is 0 Å². The van der Waals surface area contributed by atoms with Gasteiger partial charge in [-0.3, -0.25) is 9.59 Å². The highest BCUT2D eigenvalue weighted by molar-refractivity contribution is 6.02. The highest BCUT2D eigenvalue weighted by atomic mass is 19.4. The van der Waals surface area contributed by atoms with E-state index in [1.54, 1.807) is 19.1 Å². The number of alkyl halides is 3. The van der Waals surface area contributed by atoms with Crippen molar-refractivity contribution >= 4 is 11.7 Å². The highest BCUT2D eigenvalue weighted by Gasteiger charge is 2.46. The molecule has 0 N–H and O–H groups in total. The van der Waals surface area contributed by atoms with Crippen molar-refractivity contribution in [2.45, 2.75) is 45.2 Å². The minimum atomic E-state index is -4.55. The normalized spacial score (nSPS) is 23.1. The van der Waals surface area contributed by atoms with Gasteiger partial charge in [0.25, 0.3) is 0 Å². The molecule has 0 radical (unpaired) electrons. The van der Waals surface area contributed by atoms with Gasteiger partial charge in [-0.2, -0.15) is 13.2 Å². The van der Waals surface area contributed by atoms with Gasteiger partial charge in [-0.05, 0) is 23.5 Å². The molecule has 0 bridgehead atoms. The largest absolute Gasteiger partial charge is 0.416 e. The Labute approximate surface area is 156 Å². The van der Waals surface area contributed by atoms with E-state index in [0.717, 1.165) is 6.07 Å². The van der Waals surface area contributed by atoms with Crippen molar-refractivity contribution in [2.75, 3.05) is 14.1 Å². The average molecular weight is 380 g/mol. The number of rotatable bonds is 2. The molecule has 4 nitrogen and oxygen atoms in total. The zero-order valence-electron chi connectivity index (χ0n) is 15.9. The van der Waals surface area contributed by atoms with Gasteiger partial charge in [0, 0.05) is 44.1 Å². The topological polar surface area (TPSA) is 40.6 Å². The highest BCUT2D eigenvalue weighted by Crippen LogP contribution is 2.49. The molecule has 1 aliphatic carbocycles. The molecule has 1 atom stereocenters. The van der Waals surface area contributed by atoms with E-state index in [4.69, 9.17) is 0 Å². The summed E-state index contributed by atoms with van der Waals surface area (Å²) >= 11 is 0. The molecular weight excluding hydrogens is 357 g/mol. The van der Waals surface area contributed by atoms with Crippen LogP contribution < -0.4 is 0 Å². The number of hydrazine groups is 1. The Hall–Kier alpha value is -2.15. The minimum Gasteiger partial charge on any atom is -0.294 e. The second kappa shape index (κ2) is 6.48. The summed E-state index contributed by atoms with van der Waals surface area (Å²) in [6.07, 6.45) is -3.99. The number of ketones is 1. The quantitative estimate of drug-likeness (QED) is 0.774. The van der Waals surface area contributed by atoms with Gasteiger partial charge in [-0.25, -0.2) is 10.0 Å². The molecule has 1 aromatic rings. The molecule has 1 heterocycles. The zero-order chi connectivity index (χ0) is 20.1. The number of Topliss-reactive ketones (excluding diaryl/α,β-unsaturated/α-hetero) is 1. The van der Waals surface area contributed by atoms with Crippen LogP contribution in [0, 0.1) is 5.41 Å². The van der Waals surface area contributed by atoms with Crippen molar-refractivity contribution in [3.8, 4) is 0 Å². The first-order valence-corrected chi connectivity index (χ1v) is 8.85. The summed E-state index contributed by atoms with van der Waals surface area (Å²) in [6.45, 7) is 3.86. The number of allylic oxidation sites excluding steroid dienone is 2. The van der Waals surface area contributed by atoms with Gasteiger partial charge < -0.3 is 0 Å². The fraction of sp³-hybridized carbons (Fsp3) is 0.500. The van der Waals surface area contributed by atoms with E-state index in [0.29, 0.717) is 17.7 Å². The van der Waals surface area contributed by atoms with Crippen LogP contribution in [0.25, 0.3) is 0 Å². The van der Waals surface area contributed by atoms with Crippen molar-refractivity contribution in [2.24, 2.45) is 5.41 Å². The summed E-state index contributed by atoms with van der Waals surface area (Å²) in [4.78, 5) is 25.8. The summed E-state index contributed by atoms with van der Waals surface area (Å²) in [5.41, 5.74) is -0.266. The molecule has 0 fully saturated rings. The van der Waals surface area contributed by atoms with E-state index in [-0.39, 0.29) is 35.5 Å². The zero-order valence-corrected chi connectivity index (χ0v) is 15.9. The molecule has 0 saturated heterocycles.